The number of hydrogen-bond donors (Lipinski definition) is 1. The Morgan fingerprint density at radius 1 is 1.32 bits per heavy atom. The fourth-order valence-corrected chi connectivity index (χ4v) is 3.73. The van der Waals surface area contributed by atoms with Gasteiger partial charge in [0.05, 0.1) is 0 Å². The maximum absolute atomic E-state index is 11.6. The lowest BCUT2D eigenvalue weighted by Crippen LogP contribution is -2.28. The van der Waals surface area contributed by atoms with Crippen LogP contribution < -0.4 is 9.46 Å². The lowest BCUT2D eigenvalue weighted by molar-refractivity contribution is 0.107. The summed E-state index contributed by atoms with van der Waals surface area (Å²) in [6.45, 7) is 6.20. The summed E-state index contributed by atoms with van der Waals surface area (Å²) >= 11 is 2.36. The van der Waals surface area contributed by atoms with E-state index in [0.29, 0.717) is 5.75 Å². The van der Waals surface area contributed by atoms with Crippen molar-refractivity contribution in [1.82, 2.24) is 0 Å². The second-order valence-electron chi connectivity index (χ2n) is 4.98. The van der Waals surface area contributed by atoms with Crippen molar-refractivity contribution in [1.29, 1.82) is 0 Å². The first kappa shape index (κ1) is 16.8. The summed E-state index contributed by atoms with van der Waals surface area (Å²) < 4.78 is 21.6. The van der Waals surface area contributed by atoms with Crippen LogP contribution in [0.5, 0.6) is 5.75 Å². The lowest BCUT2D eigenvalue weighted by Gasteiger charge is -2.25. The maximum Gasteiger partial charge on any atom is 0.120 e. The third-order valence-electron chi connectivity index (χ3n) is 2.57. The number of anilines is 1. The van der Waals surface area contributed by atoms with Crippen molar-refractivity contribution >= 4 is 39.3 Å². The van der Waals surface area contributed by atoms with Crippen LogP contribution in [0, 0.1) is 0 Å². The van der Waals surface area contributed by atoms with E-state index in [2.05, 4.69) is 41.2 Å². The number of alkyl halides is 1. The standard InChI is InChI=1S/C14H22INO2S/c1-4-11-19(17)16-12-5-7-13(8-6-12)18-14(2,3)9-10-15/h5-8,16H,4,9-11H2,1-3H3. The molecule has 0 amide bonds. The number of hydrogen-bond acceptors (Lipinski definition) is 2. The average molecular weight is 395 g/mol. The molecule has 0 saturated carbocycles. The van der Waals surface area contributed by atoms with Crippen LogP contribution in [0.2, 0.25) is 0 Å². The molecule has 19 heavy (non-hydrogen) atoms. The Labute approximate surface area is 132 Å². The Kier molecular flexibility index (Phi) is 7.13. The van der Waals surface area contributed by atoms with Gasteiger partial charge in [-0.15, -0.1) is 0 Å². The molecule has 1 N–H and O–H groups in total. The summed E-state index contributed by atoms with van der Waals surface area (Å²) in [4.78, 5) is 0. The van der Waals surface area contributed by atoms with Gasteiger partial charge in [0.15, 0.2) is 0 Å². The van der Waals surface area contributed by atoms with Crippen LogP contribution in [-0.4, -0.2) is 20.0 Å². The molecule has 0 spiro atoms. The van der Waals surface area contributed by atoms with Crippen molar-refractivity contribution < 1.29 is 8.95 Å². The molecule has 1 atom stereocenters. The highest BCUT2D eigenvalue weighted by Crippen LogP contribution is 2.23. The molecule has 0 aliphatic heterocycles. The molecule has 0 fully saturated rings. The Morgan fingerprint density at radius 3 is 2.47 bits per heavy atom. The van der Waals surface area contributed by atoms with E-state index >= 15 is 0 Å². The highest BCUT2D eigenvalue weighted by Gasteiger charge is 2.18. The molecule has 0 radical (unpaired) electrons. The molecule has 108 valence electrons. The minimum absolute atomic E-state index is 0.152. The minimum atomic E-state index is -0.992. The average Bonchev–Trinajstić information content (AvgIpc) is 2.31. The first-order chi connectivity index (χ1) is 8.96. The Hall–Kier alpha value is -0.300. The molecule has 0 saturated heterocycles. The van der Waals surface area contributed by atoms with Gasteiger partial charge in [-0.25, -0.2) is 4.21 Å². The summed E-state index contributed by atoms with van der Waals surface area (Å²) in [7, 11) is -0.992. The molecule has 0 bridgehead atoms. The van der Waals surface area contributed by atoms with E-state index in [1.54, 1.807) is 0 Å². The van der Waals surface area contributed by atoms with Crippen LogP contribution in [0.1, 0.15) is 33.6 Å². The van der Waals surface area contributed by atoms with Gasteiger partial charge >= 0.3 is 0 Å². The minimum Gasteiger partial charge on any atom is -0.488 e. The molecular weight excluding hydrogens is 373 g/mol. The predicted octanol–water partition coefficient (Wildman–Crippen LogP) is 4.15. The van der Waals surface area contributed by atoms with E-state index < -0.39 is 11.0 Å². The number of ether oxygens (including phenoxy) is 1. The Bertz CT molecular complexity index is 406. The number of nitrogens with one attached hydrogen (secondary N) is 1. The molecule has 0 aliphatic rings. The Morgan fingerprint density at radius 2 is 1.95 bits per heavy atom. The quantitative estimate of drug-likeness (QED) is 0.531. The van der Waals surface area contributed by atoms with Crippen molar-refractivity contribution in [3.63, 3.8) is 0 Å². The normalized spacial score (nSPS) is 13.1. The highest BCUT2D eigenvalue weighted by molar-refractivity contribution is 14.1. The van der Waals surface area contributed by atoms with Gasteiger partial charge in [0, 0.05) is 15.9 Å². The lowest BCUT2D eigenvalue weighted by atomic mass is 10.1. The molecule has 0 heterocycles. The molecule has 1 aromatic carbocycles. The van der Waals surface area contributed by atoms with E-state index in [-0.39, 0.29) is 5.60 Å². The van der Waals surface area contributed by atoms with Gasteiger partial charge in [-0.2, -0.15) is 0 Å². The number of halogens is 1. The predicted molar refractivity (Wildman–Crippen MR) is 91.6 cm³/mol. The second-order valence-corrected chi connectivity index (χ2v) is 7.36. The first-order valence-electron chi connectivity index (χ1n) is 6.47. The molecule has 0 aliphatic carbocycles. The van der Waals surface area contributed by atoms with Crippen LogP contribution in [0.15, 0.2) is 24.3 Å². The molecule has 5 heteroatoms. The van der Waals surface area contributed by atoms with Gasteiger partial charge < -0.3 is 9.46 Å². The molecule has 3 nitrogen and oxygen atoms in total. The van der Waals surface area contributed by atoms with Crippen molar-refractivity contribution in [3.05, 3.63) is 24.3 Å². The zero-order chi connectivity index (χ0) is 14.3. The molecular formula is C14H22INO2S. The van der Waals surface area contributed by atoms with Crippen molar-refractivity contribution in [3.8, 4) is 5.75 Å². The van der Waals surface area contributed by atoms with Gasteiger partial charge in [0.25, 0.3) is 0 Å². The molecule has 1 unspecified atom stereocenters. The third-order valence-corrected chi connectivity index (χ3v) is 4.35. The van der Waals surface area contributed by atoms with Gasteiger partial charge in [-0.05, 0) is 51.0 Å². The van der Waals surface area contributed by atoms with Crippen LogP contribution in [-0.2, 0) is 11.0 Å². The van der Waals surface area contributed by atoms with Crippen LogP contribution >= 0.6 is 22.6 Å². The van der Waals surface area contributed by atoms with Gasteiger partial charge in [0.1, 0.15) is 22.3 Å². The van der Waals surface area contributed by atoms with Crippen LogP contribution in [0.4, 0.5) is 5.69 Å². The topological polar surface area (TPSA) is 38.3 Å². The van der Waals surface area contributed by atoms with Gasteiger partial charge in [-0.1, -0.05) is 29.5 Å². The van der Waals surface area contributed by atoms with E-state index in [9.17, 15) is 4.21 Å². The summed E-state index contributed by atoms with van der Waals surface area (Å²) in [6, 6.07) is 7.65. The molecule has 1 rings (SSSR count). The van der Waals surface area contributed by atoms with Crippen molar-refractivity contribution in [2.45, 2.75) is 39.2 Å². The number of benzene rings is 1. The van der Waals surface area contributed by atoms with E-state index in [1.807, 2.05) is 31.2 Å². The fraction of sp³-hybridized carbons (Fsp3) is 0.571. The monoisotopic (exact) mass is 395 g/mol. The van der Waals surface area contributed by atoms with Crippen molar-refractivity contribution in [2.24, 2.45) is 0 Å². The fourth-order valence-electron chi connectivity index (χ4n) is 1.56. The summed E-state index contributed by atoms with van der Waals surface area (Å²) in [6.07, 6.45) is 1.92. The third kappa shape index (κ3) is 6.61. The smallest absolute Gasteiger partial charge is 0.120 e. The van der Waals surface area contributed by atoms with E-state index in [0.717, 1.165) is 28.7 Å². The van der Waals surface area contributed by atoms with Crippen LogP contribution in [0.25, 0.3) is 0 Å². The first-order valence-corrected chi connectivity index (χ1v) is 9.31. The zero-order valence-corrected chi connectivity index (χ0v) is 14.7. The molecule has 1 aromatic rings. The Balaban J connectivity index is 2.59. The summed E-state index contributed by atoms with van der Waals surface area (Å²) in [5, 5.41) is 0. The second kappa shape index (κ2) is 8.09. The van der Waals surface area contributed by atoms with Crippen LogP contribution in [0.3, 0.4) is 0 Å². The van der Waals surface area contributed by atoms with Crippen molar-refractivity contribution in [2.75, 3.05) is 14.9 Å². The van der Waals surface area contributed by atoms with Gasteiger partial charge in [0.2, 0.25) is 0 Å². The number of rotatable bonds is 8. The van der Waals surface area contributed by atoms with E-state index in [1.165, 1.54) is 0 Å². The van der Waals surface area contributed by atoms with E-state index in [4.69, 9.17) is 4.74 Å². The van der Waals surface area contributed by atoms with Gasteiger partial charge in [-0.3, -0.25) is 0 Å². The maximum atomic E-state index is 11.6. The molecule has 0 aromatic heterocycles. The summed E-state index contributed by atoms with van der Waals surface area (Å²) in [5.74, 6) is 1.52. The summed E-state index contributed by atoms with van der Waals surface area (Å²) in [5.41, 5.74) is 0.715. The largest absolute Gasteiger partial charge is 0.488 e. The SMILES string of the molecule is CCCS(=O)Nc1ccc(OC(C)(C)CCI)cc1. The zero-order valence-electron chi connectivity index (χ0n) is 11.7. The highest BCUT2D eigenvalue weighted by atomic mass is 127.